The maximum atomic E-state index is 8.11. The molecule has 29 valence electrons. The molecule has 0 atom stereocenters. The summed E-state index contributed by atoms with van der Waals surface area (Å²) < 4.78 is 0. The van der Waals surface area contributed by atoms with Gasteiger partial charge in [0.25, 0.3) is 0 Å². The molecule has 0 aliphatic heterocycles. The van der Waals surface area contributed by atoms with Crippen molar-refractivity contribution in [2.24, 2.45) is 0 Å². The van der Waals surface area contributed by atoms with Gasteiger partial charge in [0.1, 0.15) is 0 Å². The summed E-state index contributed by atoms with van der Waals surface area (Å²) in [5, 5.41) is 0. The maximum Gasteiger partial charge on any atom is 0.348 e. The second-order valence-corrected chi connectivity index (χ2v) is 2.74. The van der Waals surface area contributed by atoms with Crippen molar-refractivity contribution < 1.29 is 4.80 Å². The van der Waals surface area contributed by atoms with Crippen LogP contribution < -0.4 is 0 Å². The van der Waals surface area contributed by atoms with E-state index in [0.717, 1.165) is 0 Å². The molecule has 1 nitrogen and oxygen atoms in total. The van der Waals surface area contributed by atoms with Gasteiger partial charge in [-0.05, 0) is 0 Å². The third-order valence-electron chi connectivity index (χ3n) is 0.168. The first-order valence-electron chi connectivity index (χ1n) is 1.11. The minimum absolute atomic E-state index is 1.34. The molecule has 0 rings (SSSR count). The van der Waals surface area contributed by atoms with Gasteiger partial charge in [0, 0.05) is 0 Å². The lowest BCUT2D eigenvalue weighted by Crippen LogP contribution is -1.92. The van der Waals surface area contributed by atoms with Gasteiger partial charge in [-0.1, -0.05) is 5.70 Å². The molecule has 0 aromatic rings. The molecule has 0 amide bonds. The molecule has 0 spiro atoms. The zero-order valence-corrected chi connectivity index (χ0v) is 4.37. The van der Waals surface area contributed by atoms with Crippen molar-refractivity contribution in [3.63, 3.8) is 0 Å². The average molecular weight is 108 g/mol. The van der Waals surface area contributed by atoms with Crippen molar-refractivity contribution >= 4 is 19.4 Å². The summed E-state index contributed by atoms with van der Waals surface area (Å²) in [6.07, 6.45) is 0. The highest BCUT2D eigenvalue weighted by Crippen LogP contribution is 1.78. The van der Waals surface area contributed by atoms with Gasteiger partial charge < -0.3 is 4.80 Å². The molecule has 0 aliphatic carbocycles. The van der Waals surface area contributed by atoms with Crippen LogP contribution in [0, 0.1) is 0 Å². The molecule has 0 aromatic heterocycles. The van der Waals surface area contributed by atoms with Crippen LogP contribution in [-0.4, -0.2) is 13.1 Å². The van der Waals surface area contributed by atoms with Crippen LogP contribution in [0.3, 0.4) is 0 Å². The van der Waals surface area contributed by atoms with E-state index >= 15 is 0 Å². The molecule has 0 saturated carbocycles. The Hall–Kier alpha value is 0.207. The van der Waals surface area contributed by atoms with Crippen molar-refractivity contribution in [1.29, 1.82) is 0 Å². The van der Waals surface area contributed by atoms with Gasteiger partial charge in [-0.3, -0.25) is 0 Å². The highest BCUT2D eigenvalue weighted by Gasteiger charge is 1.88. The quantitative estimate of drug-likeness (QED) is 0.381. The van der Waals surface area contributed by atoms with E-state index in [4.69, 9.17) is 15.9 Å². The Morgan fingerprint density at radius 1 is 2.00 bits per heavy atom. The Labute approximate surface area is 37.3 Å². The first kappa shape index (κ1) is 5.21. The molecular weight excluding hydrogens is 104 g/mol. The van der Waals surface area contributed by atoms with E-state index in [1.807, 2.05) is 0 Å². The second-order valence-electron chi connectivity index (χ2n) is 0.527. The van der Waals surface area contributed by atoms with Crippen molar-refractivity contribution in [2.45, 2.75) is 0 Å². The van der Waals surface area contributed by atoms with Gasteiger partial charge >= 0.3 is 8.35 Å². The van der Waals surface area contributed by atoms with Gasteiger partial charge in [0.15, 0.2) is 0 Å². The number of hydrogen-bond acceptors (Lipinski definition) is 1. The molecule has 1 radical (unpaired) electrons. The zero-order valence-electron chi connectivity index (χ0n) is 2.61. The van der Waals surface area contributed by atoms with Crippen LogP contribution in [0.4, 0.5) is 0 Å². The van der Waals surface area contributed by atoms with Crippen LogP contribution in [0.25, 0.3) is 0 Å². The fourth-order valence-electron chi connectivity index (χ4n) is 0. The lowest BCUT2D eigenvalue weighted by atomic mass is 11.3. The first-order valence-corrected chi connectivity index (χ1v) is 3.65. The van der Waals surface area contributed by atoms with Crippen molar-refractivity contribution in [1.82, 2.24) is 0 Å². The predicted octanol–water partition coefficient (Wildman–Crippen LogP) is 0.431. The predicted molar refractivity (Wildman–Crippen MR) is 24.0 cm³/mol. The standard InChI is InChI=1S/C2H4ClOSi/c1-2-5(3)4/h2,4H,1H2. The van der Waals surface area contributed by atoms with Crippen LogP contribution in [0.2, 0.25) is 0 Å². The molecule has 0 bridgehead atoms. The largest absolute Gasteiger partial charge is 0.416 e. The molecule has 0 aliphatic rings. The fourth-order valence-corrected chi connectivity index (χ4v) is 0. The fraction of sp³-hybridized carbons (Fsp3) is 0. The zero-order chi connectivity index (χ0) is 4.28. The number of rotatable bonds is 1. The van der Waals surface area contributed by atoms with Gasteiger partial charge in [-0.2, -0.15) is 0 Å². The minimum atomic E-state index is -1.64. The lowest BCUT2D eigenvalue weighted by Gasteiger charge is -1.74. The van der Waals surface area contributed by atoms with Crippen LogP contribution in [-0.2, 0) is 0 Å². The Morgan fingerprint density at radius 2 is 2.20 bits per heavy atom. The summed E-state index contributed by atoms with van der Waals surface area (Å²) in [7, 11) is -1.64. The summed E-state index contributed by atoms with van der Waals surface area (Å²) in [6.45, 7) is 3.22. The van der Waals surface area contributed by atoms with Crippen LogP contribution in [0.15, 0.2) is 12.3 Å². The van der Waals surface area contributed by atoms with E-state index in [0.29, 0.717) is 0 Å². The second kappa shape index (κ2) is 2.44. The molecule has 0 aromatic carbocycles. The van der Waals surface area contributed by atoms with E-state index in [1.54, 1.807) is 0 Å². The first-order chi connectivity index (χ1) is 2.27. The SMILES string of the molecule is C=C[Si](O)Cl. The molecular formula is C2H4ClOSi. The number of halogens is 1. The molecule has 5 heavy (non-hydrogen) atoms. The van der Waals surface area contributed by atoms with Crippen LogP contribution in [0.1, 0.15) is 0 Å². The van der Waals surface area contributed by atoms with Gasteiger partial charge in [-0.15, -0.1) is 17.7 Å². The summed E-state index contributed by atoms with van der Waals surface area (Å²) in [5.74, 6) is 0. The summed E-state index contributed by atoms with van der Waals surface area (Å²) >= 11 is 5.00. The smallest absolute Gasteiger partial charge is 0.348 e. The minimum Gasteiger partial charge on any atom is -0.416 e. The Bertz CT molecular complexity index is 36.6. The van der Waals surface area contributed by atoms with E-state index in [1.165, 1.54) is 5.70 Å². The van der Waals surface area contributed by atoms with Crippen LogP contribution in [0.5, 0.6) is 0 Å². The average Bonchev–Trinajstić information content (AvgIpc) is 1.38. The van der Waals surface area contributed by atoms with Gasteiger partial charge in [-0.25, -0.2) is 0 Å². The molecule has 3 heteroatoms. The maximum absolute atomic E-state index is 8.11. The summed E-state index contributed by atoms with van der Waals surface area (Å²) in [4.78, 5) is 8.11. The van der Waals surface area contributed by atoms with Crippen molar-refractivity contribution in [3.8, 4) is 0 Å². The van der Waals surface area contributed by atoms with E-state index in [9.17, 15) is 0 Å². The van der Waals surface area contributed by atoms with Gasteiger partial charge in [0.05, 0.1) is 0 Å². The Balaban J connectivity index is 2.83. The Kier molecular flexibility index (Phi) is 2.55. The number of hydrogen-bond donors (Lipinski definition) is 1. The van der Waals surface area contributed by atoms with Crippen molar-refractivity contribution in [3.05, 3.63) is 12.3 Å². The molecule has 0 fully saturated rings. The van der Waals surface area contributed by atoms with E-state index in [-0.39, 0.29) is 0 Å². The van der Waals surface area contributed by atoms with Crippen LogP contribution >= 0.6 is 11.1 Å². The third-order valence-corrected chi connectivity index (χ3v) is 0.968. The lowest BCUT2D eigenvalue weighted by molar-refractivity contribution is 0.606. The van der Waals surface area contributed by atoms with E-state index < -0.39 is 8.35 Å². The normalized spacial score (nSPS) is 8.60. The third kappa shape index (κ3) is 4.21. The molecule has 1 N–H and O–H groups in total. The summed E-state index contributed by atoms with van der Waals surface area (Å²) in [5.41, 5.74) is 1.34. The monoisotopic (exact) mass is 107 g/mol. The van der Waals surface area contributed by atoms with Gasteiger partial charge in [0.2, 0.25) is 0 Å². The topological polar surface area (TPSA) is 20.2 Å². The van der Waals surface area contributed by atoms with E-state index in [2.05, 4.69) is 6.58 Å². The van der Waals surface area contributed by atoms with Crippen molar-refractivity contribution in [2.75, 3.05) is 0 Å². The molecule has 0 unspecified atom stereocenters. The summed E-state index contributed by atoms with van der Waals surface area (Å²) in [6, 6.07) is 0. The molecule has 0 heterocycles. The molecule has 0 saturated heterocycles. The highest BCUT2D eigenvalue weighted by molar-refractivity contribution is 7.05. The Morgan fingerprint density at radius 3 is 2.20 bits per heavy atom. The highest BCUT2D eigenvalue weighted by atomic mass is 35.6.